The van der Waals surface area contributed by atoms with Crippen LogP contribution >= 0.6 is 11.8 Å². The standard InChI is InChI=1S/C21H24N2O2S/c1-22-8-10-23(11-9-22)19-12-15-4-5-16(24-2)13-20(15)26-21-14-17(25-3)6-7-18(19)21/h4-7,12-14H,8-11H2,1-3H3. The molecule has 2 aliphatic heterocycles. The number of fused-ring (bicyclic) bond motifs is 2. The summed E-state index contributed by atoms with van der Waals surface area (Å²) in [6, 6.07) is 12.7. The molecule has 0 unspecified atom stereocenters. The molecule has 1 fully saturated rings. The first-order chi connectivity index (χ1) is 12.7. The fourth-order valence-corrected chi connectivity index (χ4v) is 4.54. The molecule has 0 atom stereocenters. The molecule has 0 saturated carbocycles. The van der Waals surface area contributed by atoms with Gasteiger partial charge in [-0.1, -0.05) is 17.8 Å². The molecule has 0 aromatic heterocycles. The van der Waals surface area contributed by atoms with Crippen molar-refractivity contribution in [2.24, 2.45) is 0 Å². The third kappa shape index (κ3) is 3.29. The van der Waals surface area contributed by atoms with Gasteiger partial charge in [-0.05, 0) is 49.0 Å². The maximum absolute atomic E-state index is 5.47. The van der Waals surface area contributed by atoms with Crippen LogP contribution in [0.3, 0.4) is 0 Å². The van der Waals surface area contributed by atoms with E-state index in [1.54, 1.807) is 26.0 Å². The van der Waals surface area contributed by atoms with Gasteiger partial charge in [0.25, 0.3) is 0 Å². The number of likely N-dealkylation sites (N-methyl/N-ethyl adjacent to an activating group) is 1. The molecule has 0 radical (unpaired) electrons. The van der Waals surface area contributed by atoms with Crippen molar-refractivity contribution in [3.8, 4) is 11.5 Å². The van der Waals surface area contributed by atoms with Crippen molar-refractivity contribution in [3.05, 3.63) is 47.5 Å². The summed E-state index contributed by atoms with van der Waals surface area (Å²) >= 11 is 1.78. The zero-order valence-corrected chi connectivity index (χ0v) is 16.3. The SMILES string of the molecule is COc1ccc2c(c1)Sc1cc(OC)ccc1C(N1CCN(C)CC1)=C2. The zero-order chi connectivity index (χ0) is 18.1. The van der Waals surface area contributed by atoms with Gasteiger partial charge in [-0.2, -0.15) is 0 Å². The van der Waals surface area contributed by atoms with E-state index in [9.17, 15) is 0 Å². The average Bonchev–Trinajstić information content (AvgIpc) is 2.83. The molecule has 0 bridgehead atoms. The zero-order valence-electron chi connectivity index (χ0n) is 15.5. The second-order valence-electron chi connectivity index (χ2n) is 6.69. The number of hydrogen-bond donors (Lipinski definition) is 0. The molecule has 2 aliphatic rings. The number of hydrogen-bond acceptors (Lipinski definition) is 5. The molecule has 0 aliphatic carbocycles. The van der Waals surface area contributed by atoms with E-state index in [-0.39, 0.29) is 0 Å². The second kappa shape index (κ2) is 7.25. The first kappa shape index (κ1) is 17.3. The van der Waals surface area contributed by atoms with Crippen LogP contribution in [-0.4, -0.2) is 57.2 Å². The molecule has 5 heteroatoms. The van der Waals surface area contributed by atoms with Gasteiger partial charge in [-0.25, -0.2) is 0 Å². The minimum atomic E-state index is 0.886. The molecular formula is C21H24N2O2S. The number of benzene rings is 2. The van der Waals surface area contributed by atoms with Gasteiger partial charge >= 0.3 is 0 Å². The highest BCUT2D eigenvalue weighted by Gasteiger charge is 2.23. The van der Waals surface area contributed by atoms with Crippen molar-refractivity contribution in [3.63, 3.8) is 0 Å². The Bertz CT molecular complexity index is 842. The average molecular weight is 369 g/mol. The van der Waals surface area contributed by atoms with Gasteiger partial charge in [0.05, 0.1) is 14.2 Å². The minimum absolute atomic E-state index is 0.886. The highest BCUT2D eigenvalue weighted by molar-refractivity contribution is 7.99. The van der Waals surface area contributed by atoms with Gasteiger partial charge in [0.1, 0.15) is 11.5 Å². The van der Waals surface area contributed by atoms with E-state index in [2.05, 4.69) is 53.3 Å². The summed E-state index contributed by atoms with van der Waals surface area (Å²) in [6.45, 7) is 4.27. The molecule has 0 N–H and O–H groups in total. The molecule has 0 amide bonds. The van der Waals surface area contributed by atoms with E-state index in [1.165, 1.54) is 26.6 Å². The van der Waals surface area contributed by atoms with E-state index in [0.29, 0.717) is 0 Å². The summed E-state index contributed by atoms with van der Waals surface area (Å²) in [6.07, 6.45) is 2.32. The summed E-state index contributed by atoms with van der Waals surface area (Å²) in [4.78, 5) is 7.33. The summed E-state index contributed by atoms with van der Waals surface area (Å²) in [5, 5.41) is 0. The van der Waals surface area contributed by atoms with E-state index in [0.717, 1.165) is 37.7 Å². The fraction of sp³-hybridized carbons (Fsp3) is 0.333. The Morgan fingerprint density at radius 3 is 2.19 bits per heavy atom. The van der Waals surface area contributed by atoms with Crippen molar-refractivity contribution in [2.45, 2.75) is 9.79 Å². The molecule has 1 saturated heterocycles. The molecule has 2 aromatic carbocycles. The van der Waals surface area contributed by atoms with E-state index in [4.69, 9.17) is 9.47 Å². The van der Waals surface area contributed by atoms with Crippen LogP contribution < -0.4 is 9.47 Å². The van der Waals surface area contributed by atoms with Gasteiger partial charge in [0.2, 0.25) is 0 Å². The number of piperazine rings is 1. The number of rotatable bonds is 3. The monoisotopic (exact) mass is 368 g/mol. The maximum Gasteiger partial charge on any atom is 0.120 e. The Morgan fingerprint density at radius 2 is 1.50 bits per heavy atom. The fourth-order valence-electron chi connectivity index (χ4n) is 3.43. The van der Waals surface area contributed by atoms with E-state index < -0.39 is 0 Å². The van der Waals surface area contributed by atoms with Crippen molar-refractivity contribution in [1.29, 1.82) is 0 Å². The van der Waals surface area contributed by atoms with Gasteiger partial charge < -0.3 is 19.3 Å². The minimum Gasteiger partial charge on any atom is -0.497 e. The molecule has 4 nitrogen and oxygen atoms in total. The van der Waals surface area contributed by atoms with E-state index >= 15 is 0 Å². The quantitative estimate of drug-likeness (QED) is 0.818. The lowest BCUT2D eigenvalue weighted by Gasteiger charge is -2.36. The maximum atomic E-state index is 5.47. The molecule has 26 heavy (non-hydrogen) atoms. The molecule has 2 aromatic rings. The third-order valence-electron chi connectivity index (χ3n) is 5.04. The Morgan fingerprint density at radius 1 is 0.846 bits per heavy atom. The van der Waals surface area contributed by atoms with Gasteiger partial charge in [-0.3, -0.25) is 0 Å². The first-order valence-electron chi connectivity index (χ1n) is 8.87. The molecule has 4 rings (SSSR count). The number of ether oxygens (including phenoxy) is 2. The van der Waals surface area contributed by atoms with Crippen molar-refractivity contribution < 1.29 is 9.47 Å². The van der Waals surface area contributed by atoms with Crippen LogP contribution in [-0.2, 0) is 0 Å². The van der Waals surface area contributed by atoms with Gasteiger partial charge in [0, 0.05) is 47.2 Å². The van der Waals surface area contributed by atoms with Crippen molar-refractivity contribution in [1.82, 2.24) is 9.80 Å². The molecule has 136 valence electrons. The molecular weight excluding hydrogens is 344 g/mol. The van der Waals surface area contributed by atoms with Crippen molar-refractivity contribution >= 4 is 23.5 Å². The van der Waals surface area contributed by atoms with Crippen LogP contribution in [0.4, 0.5) is 0 Å². The summed E-state index contributed by atoms with van der Waals surface area (Å²) in [7, 11) is 5.62. The van der Waals surface area contributed by atoms with Crippen LogP contribution in [0.25, 0.3) is 11.8 Å². The van der Waals surface area contributed by atoms with Crippen LogP contribution in [0.5, 0.6) is 11.5 Å². The van der Waals surface area contributed by atoms with Crippen molar-refractivity contribution in [2.75, 3.05) is 47.4 Å². The van der Waals surface area contributed by atoms with E-state index in [1.807, 2.05) is 6.07 Å². The first-order valence-corrected chi connectivity index (χ1v) is 9.69. The number of nitrogens with zero attached hydrogens (tertiary/aromatic N) is 2. The Labute approximate surface area is 159 Å². The Kier molecular flexibility index (Phi) is 4.83. The highest BCUT2D eigenvalue weighted by Crippen LogP contribution is 2.44. The molecule has 0 spiro atoms. The predicted octanol–water partition coefficient (Wildman–Crippen LogP) is 3.91. The Hall–Kier alpha value is -2.11. The summed E-state index contributed by atoms with van der Waals surface area (Å²) in [5.41, 5.74) is 3.81. The Balaban J connectivity index is 1.82. The summed E-state index contributed by atoms with van der Waals surface area (Å²) < 4.78 is 10.9. The normalized spacial score (nSPS) is 17.0. The van der Waals surface area contributed by atoms with Crippen LogP contribution in [0.2, 0.25) is 0 Å². The smallest absolute Gasteiger partial charge is 0.120 e. The second-order valence-corrected chi connectivity index (χ2v) is 7.77. The largest absolute Gasteiger partial charge is 0.497 e. The third-order valence-corrected chi connectivity index (χ3v) is 6.17. The summed E-state index contributed by atoms with van der Waals surface area (Å²) in [5.74, 6) is 1.78. The lowest BCUT2D eigenvalue weighted by Crippen LogP contribution is -2.43. The number of methoxy groups -OCH3 is 2. The van der Waals surface area contributed by atoms with Crippen LogP contribution in [0, 0.1) is 0 Å². The lowest BCUT2D eigenvalue weighted by molar-refractivity contribution is 0.207. The van der Waals surface area contributed by atoms with Gasteiger partial charge in [0.15, 0.2) is 0 Å². The lowest BCUT2D eigenvalue weighted by atomic mass is 10.1. The highest BCUT2D eigenvalue weighted by atomic mass is 32.2. The topological polar surface area (TPSA) is 24.9 Å². The molecule has 2 heterocycles. The van der Waals surface area contributed by atoms with Gasteiger partial charge in [-0.15, -0.1) is 0 Å². The van der Waals surface area contributed by atoms with Crippen LogP contribution in [0.15, 0.2) is 46.2 Å². The predicted molar refractivity (Wildman–Crippen MR) is 107 cm³/mol. The van der Waals surface area contributed by atoms with Crippen LogP contribution in [0.1, 0.15) is 11.1 Å².